The lowest BCUT2D eigenvalue weighted by atomic mass is 9.32. The van der Waals surface area contributed by atoms with E-state index in [9.17, 15) is 8.78 Å². The van der Waals surface area contributed by atoms with Gasteiger partial charge in [-0.05, 0) is 107 Å². The highest BCUT2D eigenvalue weighted by atomic mass is 19.1. The molecule has 0 unspecified atom stereocenters. The lowest BCUT2D eigenvalue weighted by Crippen LogP contribution is -2.61. The summed E-state index contributed by atoms with van der Waals surface area (Å²) in [6.45, 7) is 1.95. The van der Waals surface area contributed by atoms with E-state index in [1.54, 1.807) is 0 Å². The fraction of sp³-hybridized carbons (Fsp3) is 0.0244. The van der Waals surface area contributed by atoms with Crippen LogP contribution >= 0.6 is 0 Å². The van der Waals surface area contributed by atoms with Crippen molar-refractivity contribution in [2.75, 3.05) is 9.80 Å². The molecule has 3 heterocycles. The van der Waals surface area contributed by atoms with E-state index < -0.39 is 0 Å². The number of hydrogen-bond donors (Lipinski definition) is 0. The third-order valence-electron chi connectivity index (χ3n) is 9.85. The zero-order valence-corrected chi connectivity index (χ0v) is 25.3. The lowest BCUT2D eigenvalue weighted by Gasteiger charge is -2.44. The maximum absolute atomic E-state index is 14.3. The van der Waals surface area contributed by atoms with E-state index in [4.69, 9.17) is 4.42 Å². The molecule has 222 valence electrons. The maximum Gasteiger partial charge on any atom is 0.253 e. The number of furan rings is 1. The van der Waals surface area contributed by atoms with Gasteiger partial charge in [-0.3, -0.25) is 0 Å². The zero-order valence-electron chi connectivity index (χ0n) is 25.3. The van der Waals surface area contributed by atoms with Gasteiger partial charge in [0.25, 0.3) is 6.71 Å². The predicted molar refractivity (Wildman–Crippen MR) is 190 cm³/mol. The van der Waals surface area contributed by atoms with E-state index in [1.165, 1.54) is 24.3 Å². The van der Waals surface area contributed by atoms with E-state index in [-0.39, 0.29) is 18.3 Å². The summed E-state index contributed by atoms with van der Waals surface area (Å²) >= 11 is 0. The third-order valence-corrected chi connectivity index (χ3v) is 9.85. The Morgan fingerprint density at radius 2 is 1.21 bits per heavy atom. The van der Waals surface area contributed by atoms with Crippen LogP contribution in [-0.4, -0.2) is 6.71 Å². The quantitative estimate of drug-likeness (QED) is 0.182. The number of fused-ring (bicyclic) bond motifs is 10. The Balaban J connectivity index is 1.40. The molecule has 6 heteroatoms. The molecular formula is C41H25BF2N2O. The summed E-state index contributed by atoms with van der Waals surface area (Å²) in [7, 11) is 0. The van der Waals surface area contributed by atoms with E-state index in [1.807, 2.05) is 36.4 Å². The fourth-order valence-electron chi connectivity index (χ4n) is 7.96. The Morgan fingerprint density at radius 1 is 0.574 bits per heavy atom. The van der Waals surface area contributed by atoms with Crippen LogP contribution in [0.3, 0.4) is 0 Å². The number of rotatable bonds is 2. The van der Waals surface area contributed by atoms with Gasteiger partial charge in [0.15, 0.2) is 0 Å². The molecule has 10 rings (SSSR count). The largest absolute Gasteiger partial charge is 0.456 e. The van der Waals surface area contributed by atoms with Crippen molar-refractivity contribution < 1.29 is 13.2 Å². The minimum absolute atomic E-state index is 0.145. The molecule has 7 aromatic carbocycles. The van der Waals surface area contributed by atoms with Gasteiger partial charge in [0.05, 0.1) is 0 Å². The zero-order chi connectivity index (χ0) is 31.4. The fourth-order valence-corrected chi connectivity index (χ4v) is 7.96. The molecule has 0 N–H and O–H groups in total. The molecule has 47 heavy (non-hydrogen) atoms. The average molecular weight is 610 g/mol. The van der Waals surface area contributed by atoms with Gasteiger partial charge < -0.3 is 14.2 Å². The summed E-state index contributed by atoms with van der Waals surface area (Å²) in [6.07, 6.45) is 0. The summed E-state index contributed by atoms with van der Waals surface area (Å²) in [5.74, 6) is -0.562. The molecule has 0 fully saturated rings. The molecule has 2 aliphatic rings. The van der Waals surface area contributed by atoms with Gasteiger partial charge in [0, 0.05) is 50.3 Å². The molecule has 3 nitrogen and oxygen atoms in total. The van der Waals surface area contributed by atoms with E-state index in [2.05, 4.69) is 89.5 Å². The van der Waals surface area contributed by atoms with Crippen molar-refractivity contribution in [2.45, 2.75) is 6.92 Å². The second-order valence-corrected chi connectivity index (χ2v) is 12.4. The van der Waals surface area contributed by atoms with Gasteiger partial charge in [0.1, 0.15) is 22.8 Å². The number of aryl methyl sites for hydroxylation is 1. The topological polar surface area (TPSA) is 19.6 Å². The molecule has 1 aromatic heterocycles. The van der Waals surface area contributed by atoms with Crippen LogP contribution in [0.5, 0.6) is 0 Å². The van der Waals surface area contributed by atoms with Gasteiger partial charge in [-0.15, -0.1) is 0 Å². The summed E-state index contributed by atoms with van der Waals surface area (Å²) in [4.78, 5) is 4.53. The van der Waals surface area contributed by atoms with Crippen LogP contribution in [0, 0.1) is 18.6 Å². The van der Waals surface area contributed by atoms with Crippen molar-refractivity contribution >= 4 is 89.9 Å². The molecule has 0 spiro atoms. The Morgan fingerprint density at radius 3 is 1.96 bits per heavy atom. The number of anilines is 6. The van der Waals surface area contributed by atoms with Crippen molar-refractivity contribution in [3.05, 3.63) is 151 Å². The van der Waals surface area contributed by atoms with Gasteiger partial charge in [-0.25, -0.2) is 8.78 Å². The molecule has 0 saturated heterocycles. The summed E-state index contributed by atoms with van der Waals surface area (Å²) in [6, 6.07) is 43.2. The molecule has 0 bridgehead atoms. The predicted octanol–water partition coefficient (Wildman–Crippen LogP) is 9.41. The van der Waals surface area contributed by atoms with E-state index in [0.717, 1.165) is 88.8 Å². The van der Waals surface area contributed by atoms with Crippen LogP contribution in [-0.2, 0) is 0 Å². The first-order chi connectivity index (χ1) is 23.1. The highest BCUT2D eigenvalue weighted by Gasteiger charge is 2.45. The van der Waals surface area contributed by atoms with E-state index in [0.29, 0.717) is 0 Å². The molecule has 0 amide bonds. The summed E-state index contributed by atoms with van der Waals surface area (Å²) in [5.41, 5.74) is 12.1. The molecule has 8 aromatic rings. The first-order valence-electron chi connectivity index (χ1n) is 15.8. The second kappa shape index (κ2) is 9.57. The smallest absolute Gasteiger partial charge is 0.253 e. The highest BCUT2D eigenvalue weighted by Crippen LogP contribution is 2.47. The van der Waals surface area contributed by atoms with Gasteiger partial charge in [0.2, 0.25) is 0 Å². The van der Waals surface area contributed by atoms with Crippen LogP contribution < -0.4 is 26.2 Å². The third kappa shape index (κ3) is 3.61. The van der Waals surface area contributed by atoms with Crippen LogP contribution in [0.25, 0.3) is 32.7 Å². The second-order valence-electron chi connectivity index (χ2n) is 12.4. The molecule has 0 saturated carbocycles. The Labute approximate surface area is 270 Å². The van der Waals surface area contributed by atoms with Crippen LogP contribution in [0.4, 0.5) is 42.9 Å². The van der Waals surface area contributed by atoms with Gasteiger partial charge >= 0.3 is 0 Å². The number of halogens is 2. The van der Waals surface area contributed by atoms with Crippen molar-refractivity contribution in [3.8, 4) is 0 Å². The molecule has 0 aliphatic carbocycles. The van der Waals surface area contributed by atoms with Gasteiger partial charge in [-0.2, -0.15) is 0 Å². The first-order valence-corrected chi connectivity index (χ1v) is 15.8. The molecule has 2 aliphatic heterocycles. The van der Waals surface area contributed by atoms with Crippen molar-refractivity contribution in [2.24, 2.45) is 0 Å². The summed E-state index contributed by atoms with van der Waals surface area (Å²) < 4.78 is 35.3. The number of hydrogen-bond acceptors (Lipinski definition) is 3. The minimum atomic E-state index is -0.283. The average Bonchev–Trinajstić information content (AvgIpc) is 3.50. The minimum Gasteiger partial charge on any atom is -0.456 e. The number of nitrogens with zero attached hydrogens (tertiary/aromatic N) is 2. The summed E-state index contributed by atoms with van der Waals surface area (Å²) in [5, 5.41) is 4.39. The SMILES string of the molecule is Cc1cc2c(c3c1oc1ccccc13)B1c3ccc4ccccc4c3N(c3ccc(F)cc3)c3cccc(c31)N2c1ccc(F)cc1. The molecule has 0 atom stereocenters. The number of benzene rings is 7. The normalized spacial score (nSPS) is 13.3. The Kier molecular flexibility index (Phi) is 5.36. The standard InChI is InChI=1S/C41H25BF2N2O/c1-24-23-35-39(37-31-9-4-5-12-36(31)47-41(24)37)42-32-22-13-25-7-2-3-8-30(25)40(32)46(29-20-16-27(44)17-21-29)34-11-6-10-33(38(34)42)45(35)28-18-14-26(43)15-19-28/h2-23H,1H3. The van der Waals surface area contributed by atoms with E-state index >= 15 is 0 Å². The maximum atomic E-state index is 14.3. The lowest BCUT2D eigenvalue weighted by molar-refractivity contribution is 0.627. The van der Waals surface area contributed by atoms with Crippen LogP contribution in [0.15, 0.2) is 138 Å². The monoisotopic (exact) mass is 610 g/mol. The highest BCUT2D eigenvalue weighted by molar-refractivity contribution is 7.02. The number of para-hydroxylation sites is 1. The van der Waals surface area contributed by atoms with Crippen molar-refractivity contribution in [1.29, 1.82) is 0 Å². The first kappa shape index (κ1) is 26.4. The Hall–Kier alpha value is -5.88. The van der Waals surface area contributed by atoms with Gasteiger partial charge in [-0.1, -0.05) is 60.7 Å². The van der Waals surface area contributed by atoms with Crippen molar-refractivity contribution in [1.82, 2.24) is 0 Å². The van der Waals surface area contributed by atoms with Crippen molar-refractivity contribution in [3.63, 3.8) is 0 Å². The van der Waals surface area contributed by atoms with Crippen LogP contribution in [0.2, 0.25) is 0 Å². The Bertz CT molecular complexity index is 2580. The molecular weight excluding hydrogens is 585 g/mol. The molecule has 0 radical (unpaired) electrons. The van der Waals surface area contributed by atoms with Crippen LogP contribution in [0.1, 0.15) is 5.56 Å².